The molecule has 0 aliphatic rings. The molecule has 0 bridgehead atoms. The predicted molar refractivity (Wildman–Crippen MR) is 93.4 cm³/mol. The number of benzene rings is 2. The van der Waals surface area contributed by atoms with Crippen molar-refractivity contribution < 1.29 is 4.39 Å². The minimum atomic E-state index is -0.224. The second-order valence-electron chi connectivity index (χ2n) is 4.61. The molecule has 0 saturated heterocycles. The van der Waals surface area contributed by atoms with Gasteiger partial charge in [0.15, 0.2) is 0 Å². The maximum Gasteiger partial charge on any atom is 0.137 e. The van der Waals surface area contributed by atoms with Gasteiger partial charge in [-0.05, 0) is 86.9 Å². The lowest BCUT2D eigenvalue weighted by Crippen LogP contribution is -2.23. The summed E-state index contributed by atoms with van der Waals surface area (Å²) >= 11 is 5.56. The van der Waals surface area contributed by atoms with Crippen molar-refractivity contribution in [1.82, 2.24) is 5.32 Å². The molecule has 0 aromatic heterocycles. The van der Waals surface area contributed by atoms with Crippen molar-refractivity contribution in [2.24, 2.45) is 0 Å². The van der Waals surface area contributed by atoms with Crippen molar-refractivity contribution in [3.63, 3.8) is 0 Å². The van der Waals surface area contributed by atoms with Gasteiger partial charge in [-0.15, -0.1) is 0 Å². The van der Waals surface area contributed by atoms with Gasteiger partial charge in [-0.1, -0.05) is 25.1 Å². The Morgan fingerprint density at radius 2 is 1.90 bits per heavy atom. The van der Waals surface area contributed by atoms with Crippen LogP contribution in [0.1, 0.15) is 24.1 Å². The van der Waals surface area contributed by atoms with Gasteiger partial charge in [0.05, 0.1) is 4.47 Å². The molecule has 20 heavy (non-hydrogen) atoms. The van der Waals surface area contributed by atoms with Gasteiger partial charge in [-0.25, -0.2) is 4.39 Å². The molecule has 0 amide bonds. The molecule has 0 spiro atoms. The van der Waals surface area contributed by atoms with Gasteiger partial charge in [0, 0.05) is 9.61 Å². The maximum atomic E-state index is 13.4. The number of likely N-dealkylation sites (N-methyl/N-ethyl adjacent to an activating group) is 1. The number of nitrogens with one attached hydrogen (secondary N) is 1. The minimum Gasteiger partial charge on any atom is -0.310 e. The molecule has 2 aromatic carbocycles. The molecule has 106 valence electrons. The SMILES string of the molecule is CCNC(Cc1ccc(I)cc1)c1ccc(F)c(Br)c1. The summed E-state index contributed by atoms with van der Waals surface area (Å²) in [5.74, 6) is -0.224. The highest BCUT2D eigenvalue weighted by Crippen LogP contribution is 2.24. The second kappa shape index (κ2) is 7.52. The largest absolute Gasteiger partial charge is 0.310 e. The lowest BCUT2D eigenvalue weighted by Gasteiger charge is -2.19. The van der Waals surface area contributed by atoms with E-state index in [1.165, 1.54) is 15.2 Å². The Labute approximate surface area is 141 Å². The van der Waals surface area contributed by atoms with Crippen LogP contribution in [-0.4, -0.2) is 6.54 Å². The van der Waals surface area contributed by atoms with E-state index in [2.05, 4.69) is 75.0 Å². The highest BCUT2D eigenvalue weighted by atomic mass is 127. The standard InChI is InChI=1S/C16H16BrFIN/c1-2-20-16(9-11-3-6-13(19)7-4-11)12-5-8-15(18)14(17)10-12/h3-8,10,16,20H,2,9H2,1H3. The van der Waals surface area contributed by atoms with E-state index < -0.39 is 0 Å². The normalized spacial score (nSPS) is 12.4. The van der Waals surface area contributed by atoms with E-state index in [0.29, 0.717) is 4.47 Å². The molecule has 2 aromatic rings. The quantitative estimate of drug-likeness (QED) is 0.629. The monoisotopic (exact) mass is 447 g/mol. The van der Waals surface area contributed by atoms with Gasteiger partial charge < -0.3 is 5.32 Å². The summed E-state index contributed by atoms with van der Waals surface area (Å²) < 4.78 is 15.1. The molecule has 0 aliphatic carbocycles. The summed E-state index contributed by atoms with van der Waals surface area (Å²) in [6, 6.07) is 13.9. The summed E-state index contributed by atoms with van der Waals surface area (Å²) in [7, 11) is 0. The van der Waals surface area contributed by atoms with Gasteiger partial charge >= 0.3 is 0 Å². The molecule has 2 rings (SSSR count). The Hall–Kier alpha value is -0.460. The highest BCUT2D eigenvalue weighted by Gasteiger charge is 2.13. The van der Waals surface area contributed by atoms with Crippen molar-refractivity contribution in [2.75, 3.05) is 6.54 Å². The lowest BCUT2D eigenvalue weighted by molar-refractivity contribution is 0.546. The summed E-state index contributed by atoms with van der Waals surface area (Å²) in [5.41, 5.74) is 2.37. The van der Waals surface area contributed by atoms with Gasteiger partial charge in [0.1, 0.15) is 5.82 Å². The molecule has 4 heteroatoms. The molecular formula is C16H16BrFIN. The van der Waals surface area contributed by atoms with E-state index in [1.54, 1.807) is 0 Å². The Balaban J connectivity index is 2.21. The number of halogens is 3. The van der Waals surface area contributed by atoms with Gasteiger partial charge in [-0.3, -0.25) is 0 Å². The van der Waals surface area contributed by atoms with E-state index in [-0.39, 0.29) is 11.9 Å². The third-order valence-electron chi connectivity index (χ3n) is 3.15. The average molecular weight is 448 g/mol. The number of hydrogen-bond donors (Lipinski definition) is 1. The maximum absolute atomic E-state index is 13.4. The molecule has 1 nitrogen and oxygen atoms in total. The van der Waals surface area contributed by atoms with Gasteiger partial charge in [0.25, 0.3) is 0 Å². The molecular weight excluding hydrogens is 432 g/mol. The fourth-order valence-corrected chi connectivity index (χ4v) is 2.90. The van der Waals surface area contributed by atoms with E-state index in [4.69, 9.17) is 0 Å². The number of hydrogen-bond acceptors (Lipinski definition) is 1. The van der Waals surface area contributed by atoms with Crippen LogP contribution in [0.4, 0.5) is 4.39 Å². The molecule has 1 N–H and O–H groups in total. The Morgan fingerprint density at radius 3 is 2.50 bits per heavy atom. The minimum absolute atomic E-state index is 0.192. The predicted octanol–water partition coefficient (Wildman–Crippen LogP) is 5.09. The van der Waals surface area contributed by atoms with E-state index in [1.807, 2.05) is 12.1 Å². The van der Waals surface area contributed by atoms with Crippen LogP contribution in [-0.2, 0) is 6.42 Å². The molecule has 1 atom stereocenters. The molecule has 0 radical (unpaired) electrons. The summed E-state index contributed by atoms with van der Waals surface area (Å²) in [6.07, 6.45) is 0.892. The third-order valence-corrected chi connectivity index (χ3v) is 4.48. The smallest absolute Gasteiger partial charge is 0.137 e. The van der Waals surface area contributed by atoms with Crippen molar-refractivity contribution >= 4 is 38.5 Å². The van der Waals surface area contributed by atoms with Crippen molar-refractivity contribution in [2.45, 2.75) is 19.4 Å². The summed E-state index contributed by atoms with van der Waals surface area (Å²) in [4.78, 5) is 0. The Kier molecular flexibility index (Phi) is 5.99. The molecule has 1 unspecified atom stereocenters. The van der Waals surface area contributed by atoms with Crippen LogP contribution < -0.4 is 5.32 Å². The van der Waals surface area contributed by atoms with Crippen molar-refractivity contribution in [3.05, 3.63) is 67.5 Å². The van der Waals surface area contributed by atoms with Crippen LogP contribution in [0.3, 0.4) is 0 Å². The molecule has 0 aliphatic heterocycles. The first-order chi connectivity index (χ1) is 9.60. The molecule has 0 heterocycles. The van der Waals surface area contributed by atoms with Crippen LogP contribution in [0.2, 0.25) is 0 Å². The third kappa shape index (κ3) is 4.27. The molecule has 0 fully saturated rings. The van der Waals surface area contributed by atoms with Crippen LogP contribution in [0.25, 0.3) is 0 Å². The summed E-state index contributed by atoms with van der Waals surface area (Å²) in [5, 5.41) is 3.46. The van der Waals surface area contributed by atoms with Gasteiger partial charge in [0.2, 0.25) is 0 Å². The van der Waals surface area contributed by atoms with Crippen molar-refractivity contribution in [3.8, 4) is 0 Å². The van der Waals surface area contributed by atoms with Crippen LogP contribution >= 0.6 is 38.5 Å². The zero-order valence-corrected chi connectivity index (χ0v) is 14.9. The average Bonchev–Trinajstić information content (AvgIpc) is 2.44. The lowest BCUT2D eigenvalue weighted by atomic mass is 9.99. The molecule has 0 saturated carbocycles. The van der Waals surface area contributed by atoms with Crippen molar-refractivity contribution in [1.29, 1.82) is 0 Å². The van der Waals surface area contributed by atoms with Crippen LogP contribution in [0.5, 0.6) is 0 Å². The fraction of sp³-hybridized carbons (Fsp3) is 0.250. The topological polar surface area (TPSA) is 12.0 Å². The van der Waals surface area contributed by atoms with Crippen LogP contribution in [0, 0.1) is 9.39 Å². The second-order valence-corrected chi connectivity index (χ2v) is 6.71. The van der Waals surface area contributed by atoms with E-state index in [9.17, 15) is 4.39 Å². The zero-order valence-electron chi connectivity index (χ0n) is 11.2. The number of rotatable bonds is 5. The zero-order chi connectivity index (χ0) is 14.5. The van der Waals surface area contributed by atoms with Gasteiger partial charge in [-0.2, -0.15) is 0 Å². The Bertz CT molecular complexity index is 571. The van der Waals surface area contributed by atoms with Crippen LogP contribution in [0.15, 0.2) is 46.9 Å². The summed E-state index contributed by atoms with van der Waals surface area (Å²) in [6.45, 7) is 2.96. The van der Waals surface area contributed by atoms with E-state index in [0.717, 1.165) is 18.5 Å². The van der Waals surface area contributed by atoms with E-state index >= 15 is 0 Å². The Morgan fingerprint density at radius 1 is 1.20 bits per heavy atom. The first kappa shape index (κ1) is 15.9. The highest BCUT2D eigenvalue weighted by molar-refractivity contribution is 14.1. The first-order valence-electron chi connectivity index (χ1n) is 6.53. The first-order valence-corrected chi connectivity index (χ1v) is 8.40. The fourth-order valence-electron chi connectivity index (χ4n) is 2.14.